The first kappa shape index (κ1) is 14.4. The van der Waals surface area contributed by atoms with E-state index in [-0.39, 0.29) is 18.4 Å². The monoisotopic (exact) mass is 296 g/mol. The van der Waals surface area contributed by atoms with Gasteiger partial charge in [-0.05, 0) is 18.5 Å². The molecule has 0 spiro atoms. The van der Waals surface area contributed by atoms with Gasteiger partial charge >= 0.3 is 5.97 Å². The molecule has 20 heavy (non-hydrogen) atoms. The second-order valence-electron chi connectivity index (χ2n) is 4.50. The van der Waals surface area contributed by atoms with E-state index in [4.69, 9.17) is 9.26 Å². The molecule has 1 N–H and O–H groups in total. The predicted octanol–water partition coefficient (Wildman–Crippen LogP) is 2.36. The molecule has 0 aromatic carbocycles. The van der Waals surface area contributed by atoms with Crippen LogP contribution in [-0.4, -0.2) is 27.5 Å². The molecule has 2 aromatic rings. The summed E-state index contributed by atoms with van der Waals surface area (Å²) in [6, 6.07) is 0. The van der Waals surface area contributed by atoms with Crippen LogP contribution in [0.1, 0.15) is 47.5 Å². The Morgan fingerprint density at radius 1 is 1.50 bits per heavy atom. The Morgan fingerprint density at radius 3 is 2.85 bits per heavy atom. The van der Waals surface area contributed by atoms with Crippen LogP contribution in [0.4, 0.5) is 5.00 Å². The van der Waals surface area contributed by atoms with Crippen molar-refractivity contribution < 1.29 is 14.1 Å². The molecule has 2 heterocycles. The molecule has 0 unspecified atom stereocenters. The highest BCUT2D eigenvalue weighted by molar-refractivity contribution is 7.10. The van der Waals surface area contributed by atoms with Crippen molar-refractivity contribution in [1.29, 1.82) is 0 Å². The normalized spacial score (nSPS) is 10.8. The summed E-state index contributed by atoms with van der Waals surface area (Å²) in [6.45, 7) is 5.63. The van der Waals surface area contributed by atoms with Crippen molar-refractivity contribution in [3.8, 4) is 0 Å². The van der Waals surface area contributed by atoms with Crippen molar-refractivity contribution in [2.75, 3.05) is 12.4 Å². The third-order valence-electron chi connectivity index (χ3n) is 2.62. The standard InChI is InChI=1S/C12H16N4O3S/c1-6(2)10-14-8(19-15-10)5-18-12(17)9-7(3)16-20-11(9)13-4/h6,13H,5H2,1-4H3. The van der Waals surface area contributed by atoms with Crippen LogP contribution in [0.15, 0.2) is 4.52 Å². The van der Waals surface area contributed by atoms with Gasteiger partial charge < -0.3 is 14.6 Å². The van der Waals surface area contributed by atoms with Gasteiger partial charge in [0.1, 0.15) is 10.6 Å². The van der Waals surface area contributed by atoms with Crippen molar-refractivity contribution in [3.63, 3.8) is 0 Å². The van der Waals surface area contributed by atoms with Gasteiger partial charge in [0.2, 0.25) is 0 Å². The molecule has 2 rings (SSSR count). The fourth-order valence-corrected chi connectivity index (χ4v) is 2.27. The number of aromatic nitrogens is 3. The van der Waals surface area contributed by atoms with E-state index in [9.17, 15) is 4.79 Å². The second-order valence-corrected chi connectivity index (χ2v) is 5.27. The molecule has 0 amide bonds. The van der Waals surface area contributed by atoms with Gasteiger partial charge in [0.15, 0.2) is 12.4 Å². The van der Waals surface area contributed by atoms with Crippen LogP contribution in [0.5, 0.6) is 0 Å². The van der Waals surface area contributed by atoms with Crippen molar-refractivity contribution >= 4 is 22.5 Å². The van der Waals surface area contributed by atoms with Crippen LogP contribution in [0, 0.1) is 6.92 Å². The van der Waals surface area contributed by atoms with E-state index in [2.05, 4.69) is 19.8 Å². The highest BCUT2D eigenvalue weighted by atomic mass is 32.1. The summed E-state index contributed by atoms with van der Waals surface area (Å²) in [5.74, 6) is 0.599. The number of carbonyl (C=O) groups is 1. The number of hydrogen-bond donors (Lipinski definition) is 1. The van der Waals surface area contributed by atoms with Crippen molar-refractivity contribution in [1.82, 2.24) is 14.5 Å². The lowest BCUT2D eigenvalue weighted by Crippen LogP contribution is -2.08. The van der Waals surface area contributed by atoms with Crippen LogP contribution in [0.3, 0.4) is 0 Å². The lowest BCUT2D eigenvalue weighted by Gasteiger charge is -2.03. The minimum absolute atomic E-state index is 0.0446. The van der Waals surface area contributed by atoms with Gasteiger partial charge in [0, 0.05) is 13.0 Å². The third-order valence-corrected chi connectivity index (χ3v) is 3.58. The third kappa shape index (κ3) is 2.96. The molecule has 0 fully saturated rings. The number of nitrogens with zero attached hydrogens (tertiary/aromatic N) is 3. The molecule has 0 saturated carbocycles. The summed E-state index contributed by atoms with van der Waals surface area (Å²) in [4.78, 5) is 16.2. The van der Waals surface area contributed by atoms with Gasteiger partial charge in [0.25, 0.3) is 5.89 Å². The van der Waals surface area contributed by atoms with Gasteiger partial charge in [-0.15, -0.1) is 0 Å². The van der Waals surface area contributed by atoms with E-state index >= 15 is 0 Å². The molecule has 7 nitrogen and oxygen atoms in total. The molecule has 0 aliphatic rings. The van der Waals surface area contributed by atoms with Gasteiger partial charge in [-0.2, -0.15) is 9.36 Å². The summed E-state index contributed by atoms with van der Waals surface area (Å²) >= 11 is 1.22. The lowest BCUT2D eigenvalue weighted by molar-refractivity contribution is 0.0430. The van der Waals surface area contributed by atoms with E-state index in [1.165, 1.54) is 11.5 Å². The average molecular weight is 296 g/mol. The molecular weight excluding hydrogens is 280 g/mol. The van der Waals surface area contributed by atoms with Gasteiger partial charge in [-0.1, -0.05) is 19.0 Å². The number of aryl methyl sites for hydroxylation is 1. The average Bonchev–Trinajstić information content (AvgIpc) is 3.02. The number of anilines is 1. The molecule has 0 radical (unpaired) electrons. The van der Waals surface area contributed by atoms with Crippen LogP contribution in [-0.2, 0) is 11.3 Å². The first-order valence-electron chi connectivity index (χ1n) is 6.16. The zero-order chi connectivity index (χ0) is 14.7. The Kier molecular flexibility index (Phi) is 4.33. The summed E-state index contributed by atoms with van der Waals surface area (Å²) in [5.41, 5.74) is 1.08. The Balaban J connectivity index is 2.02. The zero-order valence-corrected chi connectivity index (χ0v) is 12.6. The smallest absolute Gasteiger partial charge is 0.343 e. The molecule has 0 bridgehead atoms. The Morgan fingerprint density at radius 2 is 2.25 bits per heavy atom. The zero-order valence-electron chi connectivity index (χ0n) is 11.8. The highest BCUT2D eigenvalue weighted by Crippen LogP contribution is 2.24. The SMILES string of the molecule is CNc1snc(C)c1C(=O)OCc1nc(C(C)C)no1. The topological polar surface area (TPSA) is 90.1 Å². The number of esters is 1. The molecule has 0 atom stereocenters. The van der Waals surface area contributed by atoms with Crippen LogP contribution in [0.2, 0.25) is 0 Å². The number of rotatable bonds is 5. The Labute approximate surface area is 120 Å². The molecular formula is C12H16N4O3S. The highest BCUT2D eigenvalue weighted by Gasteiger charge is 2.20. The van der Waals surface area contributed by atoms with Crippen LogP contribution < -0.4 is 5.32 Å². The molecule has 0 saturated heterocycles. The lowest BCUT2D eigenvalue weighted by atomic mass is 10.2. The molecule has 0 aliphatic heterocycles. The van der Waals surface area contributed by atoms with Gasteiger partial charge in [-0.3, -0.25) is 0 Å². The van der Waals surface area contributed by atoms with Gasteiger partial charge in [0.05, 0.1) is 5.69 Å². The van der Waals surface area contributed by atoms with E-state index < -0.39 is 5.97 Å². The first-order chi connectivity index (χ1) is 9.52. The van der Waals surface area contributed by atoms with E-state index in [0.717, 1.165) is 0 Å². The maximum Gasteiger partial charge on any atom is 0.343 e. The fraction of sp³-hybridized carbons (Fsp3) is 0.500. The van der Waals surface area contributed by atoms with Crippen molar-refractivity contribution in [3.05, 3.63) is 23.0 Å². The summed E-state index contributed by atoms with van der Waals surface area (Å²) in [7, 11) is 1.73. The molecule has 0 aliphatic carbocycles. The van der Waals surface area contributed by atoms with E-state index in [1.54, 1.807) is 14.0 Å². The number of carbonyl (C=O) groups excluding carboxylic acids is 1. The first-order valence-corrected chi connectivity index (χ1v) is 6.94. The minimum Gasteiger partial charge on any atom is -0.452 e. The summed E-state index contributed by atoms with van der Waals surface area (Å²) in [5, 5.41) is 7.41. The molecule has 108 valence electrons. The second kappa shape index (κ2) is 6.00. The van der Waals surface area contributed by atoms with E-state index in [1.807, 2.05) is 13.8 Å². The number of ether oxygens (including phenoxy) is 1. The van der Waals surface area contributed by atoms with Crippen LogP contribution in [0.25, 0.3) is 0 Å². The summed E-state index contributed by atoms with van der Waals surface area (Å²) in [6.07, 6.45) is 0. The maximum atomic E-state index is 12.0. The molecule has 8 heteroatoms. The summed E-state index contributed by atoms with van der Waals surface area (Å²) < 4.78 is 14.3. The molecule has 2 aromatic heterocycles. The predicted molar refractivity (Wildman–Crippen MR) is 73.9 cm³/mol. The minimum atomic E-state index is -0.454. The van der Waals surface area contributed by atoms with E-state index in [0.29, 0.717) is 22.1 Å². The Hall–Kier alpha value is -1.96. The largest absolute Gasteiger partial charge is 0.452 e. The van der Waals surface area contributed by atoms with Crippen molar-refractivity contribution in [2.45, 2.75) is 33.3 Å². The number of hydrogen-bond acceptors (Lipinski definition) is 8. The quantitative estimate of drug-likeness (QED) is 0.847. The fourth-order valence-electron chi connectivity index (χ4n) is 1.54. The number of nitrogens with one attached hydrogen (secondary N) is 1. The van der Waals surface area contributed by atoms with Crippen molar-refractivity contribution in [2.24, 2.45) is 0 Å². The maximum absolute atomic E-state index is 12.0. The van der Waals surface area contributed by atoms with Gasteiger partial charge in [-0.25, -0.2) is 4.79 Å². The Bertz CT molecular complexity index is 606. The van der Waals surface area contributed by atoms with Crippen LogP contribution >= 0.6 is 11.5 Å².